The van der Waals surface area contributed by atoms with E-state index in [2.05, 4.69) is 10.1 Å². The number of rotatable bonds is 2. The maximum atomic E-state index is 12.8. The molecule has 2 aromatic rings. The molecule has 0 fully saturated rings. The van der Waals surface area contributed by atoms with Gasteiger partial charge in [-0.1, -0.05) is 17.7 Å². The SMILES string of the molecule is Cc1ccc(-n2nc(C(F)(F)F)nc2N(C)C)c(C)c1. The molecule has 0 unspecified atom stereocenters. The van der Waals surface area contributed by atoms with E-state index in [9.17, 15) is 13.2 Å². The summed E-state index contributed by atoms with van der Waals surface area (Å²) in [5, 5.41) is 3.60. The number of aromatic nitrogens is 3. The van der Waals surface area contributed by atoms with Crippen LogP contribution in [0.15, 0.2) is 18.2 Å². The highest BCUT2D eigenvalue weighted by Crippen LogP contribution is 2.29. The van der Waals surface area contributed by atoms with Crippen molar-refractivity contribution in [3.8, 4) is 5.69 Å². The first-order chi connectivity index (χ1) is 9.20. The van der Waals surface area contributed by atoms with Gasteiger partial charge in [0.25, 0.3) is 5.82 Å². The van der Waals surface area contributed by atoms with E-state index in [-0.39, 0.29) is 5.95 Å². The first-order valence-electron chi connectivity index (χ1n) is 5.99. The van der Waals surface area contributed by atoms with Gasteiger partial charge in [0.2, 0.25) is 5.95 Å². The molecule has 4 nitrogen and oxygen atoms in total. The molecule has 0 aliphatic heterocycles. The summed E-state index contributed by atoms with van der Waals surface area (Å²) in [7, 11) is 3.26. The van der Waals surface area contributed by atoms with E-state index < -0.39 is 12.0 Å². The Morgan fingerprint density at radius 3 is 2.30 bits per heavy atom. The van der Waals surface area contributed by atoms with Gasteiger partial charge in [-0.25, -0.2) is 0 Å². The summed E-state index contributed by atoms with van der Waals surface area (Å²) in [5.41, 5.74) is 2.46. The first kappa shape index (κ1) is 14.4. The number of anilines is 1. The number of aryl methyl sites for hydroxylation is 2. The van der Waals surface area contributed by atoms with Crippen LogP contribution in [-0.4, -0.2) is 28.9 Å². The highest BCUT2D eigenvalue weighted by atomic mass is 19.4. The standard InChI is InChI=1S/C13H15F3N4/c1-8-5-6-10(9(2)7-8)20-12(19(3)4)17-11(18-20)13(14,15)16/h5-7H,1-4H3. The number of hydrogen-bond donors (Lipinski definition) is 0. The lowest BCUT2D eigenvalue weighted by molar-refractivity contribution is -0.144. The third-order valence-corrected chi connectivity index (χ3v) is 2.82. The molecular formula is C13H15F3N4. The largest absolute Gasteiger partial charge is 0.453 e. The molecule has 0 saturated heterocycles. The minimum absolute atomic E-state index is 0.143. The van der Waals surface area contributed by atoms with Gasteiger partial charge >= 0.3 is 6.18 Å². The lowest BCUT2D eigenvalue weighted by Crippen LogP contribution is -2.15. The zero-order chi connectivity index (χ0) is 15.1. The van der Waals surface area contributed by atoms with Crippen molar-refractivity contribution in [2.75, 3.05) is 19.0 Å². The van der Waals surface area contributed by atoms with Crippen molar-refractivity contribution in [1.82, 2.24) is 14.8 Å². The van der Waals surface area contributed by atoms with Crippen LogP contribution < -0.4 is 4.90 Å². The molecule has 1 aromatic carbocycles. The third kappa shape index (κ3) is 2.61. The van der Waals surface area contributed by atoms with Crippen molar-refractivity contribution in [3.05, 3.63) is 35.2 Å². The molecule has 1 heterocycles. The Kier molecular flexibility index (Phi) is 3.45. The van der Waals surface area contributed by atoms with Crippen LogP contribution in [0, 0.1) is 13.8 Å². The van der Waals surface area contributed by atoms with Crippen LogP contribution in [0.1, 0.15) is 17.0 Å². The van der Waals surface area contributed by atoms with E-state index in [4.69, 9.17) is 0 Å². The fraction of sp³-hybridized carbons (Fsp3) is 0.385. The Labute approximate surface area is 114 Å². The van der Waals surface area contributed by atoms with Crippen LogP contribution in [0.3, 0.4) is 0 Å². The van der Waals surface area contributed by atoms with Crippen molar-refractivity contribution >= 4 is 5.95 Å². The normalized spacial score (nSPS) is 11.8. The van der Waals surface area contributed by atoms with Gasteiger partial charge in [-0.3, -0.25) is 0 Å². The van der Waals surface area contributed by atoms with Crippen molar-refractivity contribution in [2.24, 2.45) is 0 Å². The molecule has 0 aliphatic carbocycles. The van der Waals surface area contributed by atoms with Gasteiger partial charge in [0, 0.05) is 14.1 Å². The average molecular weight is 284 g/mol. The van der Waals surface area contributed by atoms with Crippen LogP contribution in [0.2, 0.25) is 0 Å². The smallest absolute Gasteiger partial charge is 0.347 e. The minimum atomic E-state index is -4.56. The summed E-state index contributed by atoms with van der Waals surface area (Å²) in [6.07, 6.45) is -4.56. The van der Waals surface area contributed by atoms with E-state index >= 15 is 0 Å². The first-order valence-corrected chi connectivity index (χ1v) is 5.99. The molecule has 108 valence electrons. The summed E-state index contributed by atoms with van der Waals surface area (Å²) in [4.78, 5) is 5.08. The second-order valence-corrected chi connectivity index (χ2v) is 4.83. The molecule has 0 amide bonds. The Bertz CT molecular complexity index is 629. The Morgan fingerprint density at radius 1 is 1.15 bits per heavy atom. The number of halogens is 3. The Morgan fingerprint density at radius 2 is 1.80 bits per heavy atom. The zero-order valence-electron chi connectivity index (χ0n) is 11.7. The van der Waals surface area contributed by atoms with Gasteiger partial charge in [-0.15, -0.1) is 5.10 Å². The molecule has 7 heteroatoms. The molecule has 0 saturated carbocycles. The molecule has 0 radical (unpaired) electrons. The van der Waals surface area contributed by atoms with Crippen molar-refractivity contribution in [1.29, 1.82) is 0 Å². The molecule has 0 N–H and O–H groups in total. The second-order valence-electron chi connectivity index (χ2n) is 4.83. The van der Waals surface area contributed by atoms with Crippen LogP contribution in [-0.2, 0) is 6.18 Å². The van der Waals surface area contributed by atoms with Crippen LogP contribution in [0.4, 0.5) is 19.1 Å². The average Bonchev–Trinajstić information content (AvgIpc) is 2.73. The molecular weight excluding hydrogens is 269 g/mol. The predicted octanol–water partition coefficient (Wildman–Crippen LogP) is 2.97. The summed E-state index contributed by atoms with van der Waals surface area (Å²) in [5.74, 6) is -0.995. The van der Waals surface area contributed by atoms with Crippen molar-refractivity contribution in [3.63, 3.8) is 0 Å². The van der Waals surface area contributed by atoms with Gasteiger partial charge < -0.3 is 4.90 Å². The van der Waals surface area contributed by atoms with Crippen LogP contribution in [0.5, 0.6) is 0 Å². The van der Waals surface area contributed by atoms with Gasteiger partial charge in [-0.05, 0) is 25.5 Å². The molecule has 0 bridgehead atoms. The molecule has 1 aromatic heterocycles. The van der Waals surface area contributed by atoms with E-state index in [0.717, 1.165) is 11.1 Å². The second kappa shape index (κ2) is 4.81. The Balaban J connectivity index is 2.63. The predicted molar refractivity (Wildman–Crippen MR) is 70.2 cm³/mol. The van der Waals surface area contributed by atoms with E-state index in [1.54, 1.807) is 20.2 Å². The number of hydrogen-bond acceptors (Lipinski definition) is 3. The van der Waals surface area contributed by atoms with Crippen LogP contribution in [0.25, 0.3) is 5.69 Å². The van der Waals surface area contributed by atoms with E-state index in [1.807, 2.05) is 26.0 Å². The summed E-state index contributed by atoms with van der Waals surface area (Å²) in [6.45, 7) is 3.75. The quantitative estimate of drug-likeness (QED) is 0.850. The van der Waals surface area contributed by atoms with Crippen molar-refractivity contribution in [2.45, 2.75) is 20.0 Å². The molecule has 0 spiro atoms. The van der Waals surface area contributed by atoms with Gasteiger partial charge in [-0.2, -0.15) is 22.8 Å². The lowest BCUT2D eigenvalue weighted by atomic mass is 10.1. The summed E-state index contributed by atoms with van der Waals surface area (Å²) < 4.78 is 39.5. The monoisotopic (exact) mass is 284 g/mol. The number of benzene rings is 1. The fourth-order valence-electron chi connectivity index (χ4n) is 1.92. The van der Waals surface area contributed by atoms with Gasteiger partial charge in [0.05, 0.1) is 5.69 Å². The van der Waals surface area contributed by atoms with Crippen LogP contribution >= 0.6 is 0 Å². The fourth-order valence-corrected chi connectivity index (χ4v) is 1.92. The molecule has 20 heavy (non-hydrogen) atoms. The Hall–Kier alpha value is -2.05. The maximum Gasteiger partial charge on any atom is 0.453 e. The topological polar surface area (TPSA) is 34.0 Å². The number of alkyl halides is 3. The van der Waals surface area contributed by atoms with Gasteiger partial charge in [0.15, 0.2) is 0 Å². The minimum Gasteiger partial charge on any atom is -0.347 e. The zero-order valence-corrected chi connectivity index (χ0v) is 11.7. The van der Waals surface area contributed by atoms with Gasteiger partial charge in [0.1, 0.15) is 0 Å². The molecule has 2 rings (SSSR count). The highest BCUT2D eigenvalue weighted by molar-refractivity contribution is 5.47. The molecule has 0 aliphatic rings. The third-order valence-electron chi connectivity index (χ3n) is 2.82. The maximum absolute atomic E-state index is 12.8. The van der Waals surface area contributed by atoms with E-state index in [0.29, 0.717) is 5.69 Å². The highest BCUT2D eigenvalue weighted by Gasteiger charge is 2.37. The summed E-state index contributed by atoms with van der Waals surface area (Å²) >= 11 is 0. The summed E-state index contributed by atoms with van der Waals surface area (Å²) in [6, 6.07) is 5.47. The molecule has 0 atom stereocenters. The number of nitrogens with zero attached hydrogens (tertiary/aromatic N) is 4. The van der Waals surface area contributed by atoms with E-state index in [1.165, 1.54) is 9.58 Å². The lowest BCUT2D eigenvalue weighted by Gasteiger charge is -2.14. The van der Waals surface area contributed by atoms with Crippen molar-refractivity contribution < 1.29 is 13.2 Å².